The quantitative estimate of drug-likeness (QED) is 0.826. The van der Waals surface area contributed by atoms with Crippen LogP contribution in [0.25, 0.3) is 0 Å². The largest absolute Gasteiger partial charge is 0.432 e. The minimum absolute atomic E-state index is 0.254. The summed E-state index contributed by atoms with van der Waals surface area (Å²) in [5.41, 5.74) is -2.20. The summed E-state index contributed by atoms with van der Waals surface area (Å²) in [6, 6.07) is 0.729. The zero-order chi connectivity index (χ0) is 18.8. The standard InChI is InChI=1S/C16H23F3N4O3/c17-16(18,19)13-10-12(20-21-13)14(24)23-4-1-2-15(25,3-5-23)11-22-6-8-26-9-7-22/h10,25H,1-9,11H2,(H,20,21). The average molecular weight is 376 g/mol. The van der Waals surface area contributed by atoms with Crippen LogP contribution in [0, 0.1) is 0 Å². The second kappa shape index (κ2) is 7.53. The number of H-pyrrole nitrogens is 1. The highest BCUT2D eigenvalue weighted by Gasteiger charge is 2.36. The Morgan fingerprint density at radius 1 is 1.27 bits per heavy atom. The van der Waals surface area contributed by atoms with Crippen molar-refractivity contribution in [1.29, 1.82) is 0 Å². The number of alkyl halides is 3. The van der Waals surface area contributed by atoms with Gasteiger partial charge in [0.25, 0.3) is 5.91 Å². The van der Waals surface area contributed by atoms with Gasteiger partial charge in [-0.15, -0.1) is 0 Å². The first-order valence-corrected chi connectivity index (χ1v) is 8.71. The predicted molar refractivity (Wildman–Crippen MR) is 85.6 cm³/mol. The number of nitrogens with zero attached hydrogens (tertiary/aromatic N) is 3. The molecule has 1 unspecified atom stereocenters. The van der Waals surface area contributed by atoms with Crippen LogP contribution >= 0.6 is 0 Å². The number of morpholine rings is 1. The van der Waals surface area contributed by atoms with Gasteiger partial charge in [-0.1, -0.05) is 0 Å². The van der Waals surface area contributed by atoms with E-state index in [-0.39, 0.29) is 12.2 Å². The van der Waals surface area contributed by atoms with Gasteiger partial charge in [0.1, 0.15) is 5.69 Å². The number of β-amino-alcohol motifs (C(OH)–C–C–N with tert-alkyl or cyclic N) is 1. The van der Waals surface area contributed by atoms with Crippen molar-refractivity contribution >= 4 is 5.91 Å². The number of aromatic nitrogens is 2. The lowest BCUT2D eigenvalue weighted by molar-refractivity contribution is -0.141. The molecule has 2 saturated heterocycles. The molecule has 1 amide bonds. The Hall–Kier alpha value is -1.65. The molecule has 1 aromatic heterocycles. The Morgan fingerprint density at radius 2 is 2.00 bits per heavy atom. The van der Waals surface area contributed by atoms with Crippen LogP contribution in [-0.2, 0) is 10.9 Å². The van der Waals surface area contributed by atoms with E-state index in [4.69, 9.17) is 4.74 Å². The molecule has 1 aromatic rings. The number of halogens is 3. The van der Waals surface area contributed by atoms with E-state index in [0.717, 1.165) is 19.2 Å². The Morgan fingerprint density at radius 3 is 2.65 bits per heavy atom. The monoisotopic (exact) mass is 376 g/mol. The zero-order valence-corrected chi connectivity index (χ0v) is 14.4. The number of nitrogens with one attached hydrogen (secondary N) is 1. The Kier molecular flexibility index (Phi) is 5.54. The van der Waals surface area contributed by atoms with Crippen molar-refractivity contribution in [1.82, 2.24) is 20.0 Å². The smallest absolute Gasteiger partial charge is 0.388 e. The molecular formula is C16H23F3N4O3. The van der Waals surface area contributed by atoms with Gasteiger partial charge in [0.15, 0.2) is 5.69 Å². The van der Waals surface area contributed by atoms with Crippen molar-refractivity contribution in [3.8, 4) is 0 Å². The molecule has 0 radical (unpaired) electrons. The fourth-order valence-electron chi connectivity index (χ4n) is 3.45. The van der Waals surface area contributed by atoms with Gasteiger partial charge in [0.2, 0.25) is 0 Å². The summed E-state index contributed by atoms with van der Waals surface area (Å²) in [6.07, 6.45) is -3.05. The SMILES string of the molecule is O=C(c1cc(C(F)(F)F)[nH]n1)N1CCCC(O)(CN2CCOCC2)CC1. The predicted octanol–water partition coefficient (Wildman–Crippen LogP) is 1.12. The third-order valence-corrected chi connectivity index (χ3v) is 4.93. The number of aliphatic hydroxyl groups is 1. The van der Waals surface area contributed by atoms with Crippen LogP contribution in [0.4, 0.5) is 13.2 Å². The molecule has 0 aromatic carbocycles. The Bertz CT molecular complexity index is 631. The summed E-state index contributed by atoms with van der Waals surface area (Å²) in [5.74, 6) is -0.549. The van der Waals surface area contributed by atoms with Gasteiger partial charge in [-0.3, -0.25) is 14.8 Å². The van der Waals surface area contributed by atoms with Gasteiger partial charge in [0, 0.05) is 38.8 Å². The van der Waals surface area contributed by atoms with E-state index in [1.54, 1.807) is 0 Å². The highest BCUT2D eigenvalue weighted by Crippen LogP contribution is 2.29. The summed E-state index contributed by atoms with van der Waals surface area (Å²) in [6.45, 7) is 3.99. The average Bonchev–Trinajstić information content (AvgIpc) is 3.01. The summed E-state index contributed by atoms with van der Waals surface area (Å²) < 4.78 is 43.3. The van der Waals surface area contributed by atoms with Crippen LogP contribution in [0.2, 0.25) is 0 Å². The molecule has 2 aliphatic heterocycles. The molecule has 10 heteroatoms. The van der Waals surface area contributed by atoms with E-state index < -0.39 is 23.4 Å². The van der Waals surface area contributed by atoms with E-state index in [1.807, 2.05) is 5.10 Å². The van der Waals surface area contributed by atoms with Crippen LogP contribution in [0.1, 0.15) is 35.4 Å². The number of rotatable bonds is 3. The van der Waals surface area contributed by atoms with Crippen molar-refractivity contribution < 1.29 is 27.8 Å². The lowest BCUT2D eigenvalue weighted by Gasteiger charge is -2.35. The van der Waals surface area contributed by atoms with Crippen LogP contribution in [0.3, 0.4) is 0 Å². The molecular weight excluding hydrogens is 353 g/mol. The van der Waals surface area contributed by atoms with Gasteiger partial charge in [-0.05, 0) is 19.3 Å². The topological polar surface area (TPSA) is 81.7 Å². The van der Waals surface area contributed by atoms with Crippen LogP contribution in [0.5, 0.6) is 0 Å². The first kappa shape index (κ1) is 19.1. The molecule has 146 valence electrons. The number of carbonyl (C=O) groups is 1. The maximum absolute atomic E-state index is 12.7. The van der Waals surface area contributed by atoms with Gasteiger partial charge >= 0.3 is 6.18 Å². The van der Waals surface area contributed by atoms with E-state index in [0.29, 0.717) is 45.6 Å². The number of ether oxygens (including phenoxy) is 1. The molecule has 1 atom stereocenters. The Balaban J connectivity index is 1.60. The first-order chi connectivity index (χ1) is 12.3. The van der Waals surface area contributed by atoms with E-state index >= 15 is 0 Å². The number of aromatic amines is 1. The molecule has 2 N–H and O–H groups in total. The number of likely N-dealkylation sites (tertiary alicyclic amines) is 1. The maximum Gasteiger partial charge on any atom is 0.432 e. The van der Waals surface area contributed by atoms with E-state index in [9.17, 15) is 23.1 Å². The highest BCUT2D eigenvalue weighted by molar-refractivity contribution is 5.92. The van der Waals surface area contributed by atoms with Crippen molar-refractivity contribution in [3.63, 3.8) is 0 Å². The number of hydrogen-bond donors (Lipinski definition) is 2. The van der Waals surface area contributed by atoms with Crippen LogP contribution in [0.15, 0.2) is 6.07 Å². The lowest BCUT2D eigenvalue weighted by Crippen LogP contribution is -2.48. The maximum atomic E-state index is 12.7. The fraction of sp³-hybridized carbons (Fsp3) is 0.750. The molecule has 7 nitrogen and oxygen atoms in total. The van der Waals surface area contributed by atoms with E-state index in [1.165, 1.54) is 4.90 Å². The molecule has 26 heavy (non-hydrogen) atoms. The summed E-state index contributed by atoms with van der Waals surface area (Å²) in [7, 11) is 0. The molecule has 3 rings (SSSR count). The number of hydrogen-bond acceptors (Lipinski definition) is 5. The molecule has 2 fully saturated rings. The fourth-order valence-corrected chi connectivity index (χ4v) is 3.45. The first-order valence-electron chi connectivity index (χ1n) is 8.71. The zero-order valence-electron chi connectivity index (χ0n) is 14.4. The highest BCUT2D eigenvalue weighted by atomic mass is 19.4. The molecule has 0 aliphatic carbocycles. The normalized spacial score (nSPS) is 25.9. The number of carbonyl (C=O) groups excluding carboxylic acids is 1. The third-order valence-electron chi connectivity index (χ3n) is 4.93. The van der Waals surface area contributed by atoms with E-state index in [2.05, 4.69) is 10.00 Å². The van der Waals surface area contributed by atoms with Crippen LogP contribution in [-0.4, -0.2) is 82.5 Å². The van der Waals surface area contributed by atoms with Gasteiger partial charge in [-0.2, -0.15) is 18.3 Å². The van der Waals surface area contributed by atoms with Crippen LogP contribution < -0.4 is 0 Å². The summed E-state index contributed by atoms with van der Waals surface area (Å²) in [4.78, 5) is 16.1. The second-order valence-electron chi connectivity index (χ2n) is 6.92. The third kappa shape index (κ3) is 4.54. The number of amides is 1. The summed E-state index contributed by atoms with van der Waals surface area (Å²) in [5, 5.41) is 16.3. The molecule has 0 saturated carbocycles. The summed E-state index contributed by atoms with van der Waals surface area (Å²) >= 11 is 0. The lowest BCUT2D eigenvalue weighted by atomic mass is 9.94. The van der Waals surface area contributed by atoms with Gasteiger partial charge < -0.3 is 14.7 Å². The van der Waals surface area contributed by atoms with Crippen molar-refractivity contribution in [3.05, 3.63) is 17.5 Å². The van der Waals surface area contributed by atoms with Gasteiger partial charge in [-0.25, -0.2) is 0 Å². The second-order valence-corrected chi connectivity index (χ2v) is 6.92. The van der Waals surface area contributed by atoms with Gasteiger partial charge in [0.05, 0.1) is 18.8 Å². The molecule has 3 heterocycles. The van der Waals surface area contributed by atoms with Crippen molar-refractivity contribution in [2.24, 2.45) is 0 Å². The van der Waals surface area contributed by atoms with Crippen molar-refractivity contribution in [2.75, 3.05) is 45.9 Å². The minimum Gasteiger partial charge on any atom is -0.388 e. The Labute approximate surface area is 149 Å². The minimum atomic E-state index is -4.57. The molecule has 2 aliphatic rings. The molecule has 0 bridgehead atoms. The molecule has 0 spiro atoms. The van der Waals surface area contributed by atoms with Crippen molar-refractivity contribution in [2.45, 2.75) is 31.0 Å².